The number of hydrogen-bond donors (Lipinski definition) is 1. The summed E-state index contributed by atoms with van der Waals surface area (Å²) in [5, 5.41) is 9.95. The van der Waals surface area contributed by atoms with Crippen molar-refractivity contribution < 1.29 is 14.3 Å². The third-order valence-corrected chi connectivity index (χ3v) is 3.08. The second kappa shape index (κ2) is 4.74. The average Bonchev–Trinajstić information content (AvgIpc) is 2.46. The fourth-order valence-corrected chi connectivity index (χ4v) is 2.13. The lowest BCUT2D eigenvalue weighted by Crippen LogP contribution is -1.97. The third kappa shape index (κ3) is 2.23. The number of halogens is 1. The first-order valence-electron chi connectivity index (χ1n) is 6.02. The van der Waals surface area contributed by atoms with Gasteiger partial charge in [-0.1, -0.05) is 18.2 Å². The molecule has 20 heavy (non-hydrogen) atoms. The molecule has 0 saturated carbocycles. The molecule has 0 bridgehead atoms. The van der Waals surface area contributed by atoms with Crippen LogP contribution < -0.4 is 0 Å². The van der Waals surface area contributed by atoms with Gasteiger partial charge in [0, 0.05) is 11.6 Å². The van der Waals surface area contributed by atoms with E-state index in [0.717, 1.165) is 22.5 Å². The number of carboxylic acids is 1. The maximum atomic E-state index is 13.5. The van der Waals surface area contributed by atoms with Crippen molar-refractivity contribution in [2.75, 3.05) is 0 Å². The summed E-state index contributed by atoms with van der Waals surface area (Å²) < 4.78 is 13.5. The van der Waals surface area contributed by atoms with Gasteiger partial charge in [0.2, 0.25) is 0 Å². The zero-order chi connectivity index (χ0) is 14.1. The molecular formula is C16H10FNO2. The van der Waals surface area contributed by atoms with E-state index in [4.69, 9.17) is 5.11 Å². The quantitative estimate of drug-likeness (QED) is 0.769. The Hall–Kier alpha value is -2.75. The molecule has 0 amide bonds. The number of pyridine rings is 1. The molecule has 0 aliphatic heterocycles. The summed E-state index contributed by atoms with van der Waals surface area (Å²) >= 11 is 0. The van der Waals surface area contributed by atoms with Crippen LogP contribution in [0.3, 0.4) is 0 Å². The largest absolute Gasteiger partial charge is 0.478 e. The van der Waals surface area contributed by atoms with E-state index in [9.17, 15) is 9.18 Å². The number of nitrogens with zero attached hydrogens (tertiary/aromatic N) is 1. The van der Waals surface area contributed by atoms with Gasteiger partial charge in [-0.15, -0.1) is 0 Å². The van der Waals surface area contributed by atoms with Crippen LogP contribution in [0.2, 0.25) is 0 Å². The zero-order valence-electron chi connectivity index (χ0n) is 10.4. The number of aromatic carboxylic acids is 1. The molecule has 0 fully saturated rings. The summed E-state index contributed by atoms with van der Waals surface area (Å²) in [7, 11) is 0. The van der Waals surface area contributed by atoms with Gasteiger partial charge in [0.05, 0.1) is 11.1 Å². The van der Waals surface area contributed by atoms with Gasteiger partial charge in [0.1, 0.15) is 5.82 Å². The molecule has 0 saturated heterocycles. The minimum absolute atomic E-state index is 0.0684. The third-order valence-electron chi connectivity index (χ3n) is 3.08. The fraction of sp³-hybridized carbons (Fsp3) is 0. The first-order valence-corrected chi connectivity index (χ1v) is 6.02. The Balaban J connectivity index is 2.17. The molecule has 0 aliphatic carbocycles. The molecule has 98 valence electrons. The molecule has 1 N–H and O–H groups in total. The molecule has 1 heterocycles. The van der Waals surface area contributed by atoms with Crippen molar-refractivity contribution in [2.24, 2.45) is 0 Å². The van der Waals surface area contributed by atoms with Gasteiger partial charge in [-0.05, 0) is 41.5 Å². The summed E-state index contributed by atoms with van der Waals surface area (Å²) in [6.07, 6.45) is 1.68. The van der Waals surface area contributed by atoms with E-state index in [2.05, 4.69) is 4.98 Å². The Labute approximate surface area is 114 Å². The Morgan fingerprint density at radius 1 is 1.05 bits per heavy atom. The van der Waals surface area contributed by atoms with Crippen LogP contribution in [0.15, 0.2) is 54.7 Å². The molecule has 0 spiro atoms. The molecule has 1 aromatic heterocycles. The Kier molecular flexibility index (Phi) is 2.91. The summed E-state index contributed by atoms with van der Waals surface area (Å²) in [5.74, 6) is -1.72. The molecule has 4 heteroatoms. The number of hydrogen-bond acceptors (Lipinski definition) is 2. The summed E-state index contributed by atoms with van der Waals surface area (Å²) in [4.78, 5) is 15.2. The Morgan fingerprint density at radius 3 is 2.70 bits per heavy atom. The van der Waals surface area contributed by atoms with E-state index < -0.39 is 11.8 Å². The van der Waals surface area contributed by atoms with E-state index in [-0.39, 0.29) is 5.56 Å². The van der Waals surface area contributed by atoms with Crippen molar-refractivity contribution in [2.45, 2.75) is 0 Å². The highest BCUT2D eigenvalue weighted by Crippen LogP contribution is 2.25. The predicted octanol–water partition coefficient (Wildman–Crippen LogP) is 3.74. The normalized spacial score (nSPS) is 10.7. The lowest BCUT2D eigenvalue weighted by molar-refractivity contribution is 0.0696. The molecule has 2 aromatic carbocycles. The van der Waals surface area contributed by atoms with Crippen molar-refractivity contribution in [3.05, 3.63) is 66.1 Å². The maximum absolute atomic E-state index is 13.5. The first-order chi connectivity index (χ1) is 9.63. The summed E-state index contributed by atoms with van der Waals surface area (Å²) in [5.41, 5.74) is 1.97. The van der Waals surface area contributed by atoms with Gasteiger partial charge in [-0.2, -0.15) is 0 Å². The zero-order valence-corrected chi connectivity index (χ0v) is 10.4. The van der Waals surface area contributed by atoms with E-state index in [0.29, 0.717) is 5.56 Å². The first kappa shape index (κ1) is 12.3. The van der Waals surface area contributed by atoms with Gasteiger partial charge < -0.3 is 5.11 Å². The minimum atomic E-state index is -1.15. The van der Waals surface area contributed by atoms with Crippen LogP contribution in [0.25, 0.3) is 22.0 Å². The van der Waals surface area contributed by atoms with Crippen molar-refractivity contribution in [1.29, 1.82) is 0 Å². The molecule has 3 aromatic rings. The second-order valence-electron chi connectivity index (χ2n) is 4.44. The lowest BCUT2D eigenvalue weighted by atomic mass is 10.0. The standard InChI is InChI=1S/C16H10FNO2/c17-14-7-12(6-13(8-14)16(19)20)11-4-3-10-2-1-5-18-15(10)9-11/h1-9H,(H,19,20). The summed E-state index contributed by atoms with van der Waals surface area (Å²) in [6, 6.07) is 13.1. The van der Waals surface area contributed by atoms with Crippen LogP contribution in [-0.2, 0) is 0 Å². The number of aromatic nitrogens is 1. The van der Waals surface area contributed by atoms with Crippen LogP contribution in [0.4, 0.5) is 4.39 Å². The minimum Gasteiger partial charge on any atom is -0.478 e. The molecule has 0 aliphatic rings. The number of carbonyl (C=O) groups is 1. The van der Waals surface area contributed by atoms with E-state index >= 15 is 0 Å². The van der Waals surface area contributed by atoms with Crippen molar-refractivity contribution in [3.63, 3.8) is 0 Å². The van der Waals surface area contributed by atoms with Crippen LogP contribution in [-0.4, -0.2) is 16.1 Å². The van der Waals surface area contributed by atoms with E-state index in [1.165, 1.54) is 12.1 Å². The maximum Gasteiger partial charge on any atom is 0.335 e. The topological polar surface area (TPSA) is 50.2 Å². The average molecular weight is 267 g/mol. The molecular weight excluding hydrogens is 257 g/mol. The highest BCUT2D eigenvalue weighted by Gasteiger charge is 2.09. The van der Waals surface area contributed by atoms with Crippen LogP contribution >= 0.6 is 0 Å². The van der Waals surface area contributed by atoms with Crippen LogP contribution in [0.5, 0.6) is 0 Å². The van der Waals surface area contributed by atoms with Gasteiger partial charge >= 0.3 is 5.97 Å². The lowest BCUT2D eigenvalue weighted by Gasteiger charge is -2.05. The second-order valence-corrected chi connectivity index (χ2v) is 4.44. The van der Waals surface area contributed by atoms with Crippen LogP contribution in [0, 0.1) is 5.82 Å². The number of benzene rings is 2. The van der Waals surface area contributed by atoms with Gasteiger partial charge in [-0.25, -0.2) is 9.18 Å². The molecule has 0 radical (unpaired) electrons. The molecule has 3 nitrogen and oxygen atoms in total. The van der Waals surface area contributed by atoms with Crippen molar-refractivity contribution in [1.82, 2.24) is 4.98 Å². The van der Waals surface area contributed by atoms with E-state index in [1.54, 1.807) is 6.20 Å². The smallest absolute Gasteiger partial charge is 0.335 e. The predicted molar refractivity (Wildman–Crippen MR) is 74.1 cm³/mol. The SMILES string of the molecule is O=C(O)c1cc(F)cc(-c2ccc3cccnc3c2)c1. The van der Waals surface area contributed by atoms with Gasteiger partial charge in [0.25, 0.3) is 0 Å². The molecule has 3 rings (SSSR count). The summed E-state index contributed by atoms with van der Waals surface area (Å²) in [6.45, 7) is 0. The monoisotopic (exact) mass is 267 g/mol. The van der Waals surface area contributed by atoms with Crippen molar-refractivity contribution in [3.8, 4) is 11.1 Å². The number of carboxylic acid groups (broad SMARTS) is 1. The molecule has 0 atom stereocenters. The fourth-order valence-electron chi connectivity index (χ4n) is 2.13. The van der Waals surface area contributed by atoms with E-state index in [1.807, 2.05) is 30.3 Å². The van der Waals surface area contributed by atoms with Crippen molar-refractivity contribution >= 4 is 16.9 Å². The van der Waals surface area contributed by atoms with Crippen LogP contribution in [0.1, 0.15) is 10.4 Å². The highest BCUT2D eigenvalue weighted by molar-refractivity contribution is 5.90. The number of fused-ring (bicyclic) bond motifs is 1. The number of rotatable bonds is 2. The Morgan fingerprint density at radius 2 is 1.90 bits per heavy atom. The highest BCUT2D eigenvalue weighted by atomic mass is 19.1. The Bertz CT molecular complexity index is 814. The van der Waals surface area contributed by atoms with Gasteiger partial charge in [-0.3, -0.25) is 4.98 Å². The van der Waals surface area contributed by atoms with Gasteiger partial charge in [0.15, 0.2) is 0 Å². The molecule has 0 unspecified atom stereocenters.